The molecule has 0 aliphatic heterocycles. The van der Waals surface area contributed by atoms with Crippen LogP contribution in [-0.2, 0) is 5.60 Å². The first-order valence-electron chi connectivity index (χ1n) is 4.80. The minimum absolute atomic E-state index is 0.101. The predicted molar refractivity (Wildman–Crippen MR) is 56.6 cm³/mol. The number of hydrogen-bond donors (Lipinski definition) is 2. The molecule has 3 nitrogen and oxygen atoms in total. The highest BCUT2D eigenvalue weighted by Crippen LogP contribution is 2.36. The number of halogens is 2. The van der Waals surface area contributed by atoms with E-state index < -0.39 is 18.1 Å². The average Bonchev–Trinajstić information content (AvgIpc) is 2.29. The average molecular weight is 231 g/mol. The zero-order chi connectivity index (χ0) is 12.4. The largest absolute Gasteiger partial charge is 0.497 e. The lowest BCUT2D eigenvalue weighted by atomic mass is 9.89. The van der Waals surface area contributed by atoms with Crippen molar-refractivity contribution in [1.29, 1.82) is 0 Å². The number of benzene rings is 1. The lowest BCUT2D eigenvalue weighted by Gasteiger charge is -2.32. The number of alkyl halides is 2. The van der Waals surface area contributed by atoms with E-state index in [2.05, 4.69) is 0 Å². The Bertz CT molecular complexity index is 350. The SMILES string of the molecule is COc1ccc(C(C)(O)C(F)(F)CN)cc1. The normalized spacial score (nSPS) is 15.6. The Morgan fingerprint density at radius 1 is 1.31 bits per heavy atom. The van der Waals surface area contributed by atoms with E-state index >= 15 is 0 Å². The van der Waals surface area contributed by atoms with E-state index in [1.54, 1.807) is 0 Å². The van der Waals surface area contributed by atoms with Gasteiger partial charge in [0.05, 0.1) is 13.7 Å². The Labute approximate surface area is 92.8 Å². The van der Waals surface area contributed by atoms with Crippen LogP contribution >= 0.6 is 0 Å². The number of nitrogens with two attached hydrogens (primary N) is 1. The van der Waals surface area contributed by atoms with Crippen molar-refractivity contribution in [2.75, 3.05) is 13.7 Å². The summed E-state index contributed by atoms with van der Waals surface area (Å²) in [6.45, 7) is 0.133. The van der Waals surface area contributed by atoms with E-state index in [0.29, 0.717) is 5.75 Å². The van der Waals surface area contributed by atoms with Gasteiger partial charge < -0.3 is 15.6 Å². The molecule has 0 aliphatic carbocycles. The van der Waals surface area contributed by atoms with Gasteiger partial charge in [0.15, 0.2) is 5.60 Å². The summed E-state index contributed by atoms with van der Waals surface area (Å²) in [4.78, 5) is 0. The first-order valence-corrected chi connectivity index (χ1v) is 4.80. The Morgan fingerprint density at radius 2 is 1.81 bits per heavy atom. The molecule has 0 saturated carbocycles. The van der Waals surface area contributed by atoms with Crippen LogP contribution in [0.15, 0.2) is 24.3 Å². The summed E-state index contributed by atoms with van der Waals surface area (Å²) < 4.78 is 31.7. The van der Waals surface area contributed by atoms with Crippen LogP contribution in [0.5, 0.6) is 5.75 Å². The number of ether oxygens (including phenoxy) is 1. The van der Waals surface area contributed by atoms with Gasteiger partial charge in [-0.3, -0.25) is 0 Å². The molecule has 0 aromatic heterocycles. The van der Waals surface area contributed by atoms with Crippen LogP contribution in [0.4, 0.5) is 8.78 Å². The molecule has 16 heavy (non-hydrogen) atoms. The molecule has 0 amide bonds. The third kappa shape index (κ3) is 2.15. The minimum Gasteiger partial charge on any atom is -0.497 e. The van der Waals surface area contributed by atoms with Gasteiger partial charge in [0.25, 0.3) is 5.92 Å². The predicted octanol–water partition coefficient (Wildman–Crippen LogP) is 1.50. The lowest BCUT2D eigenvalue weighted by Crippen LogP contribution is -2.48. The van der Waals surface area contributed by atoms with Gasteiger partial charge in [-0.15, -0.1) is 0 Å². The van der Waals surface area contributed by atoms with Crippen LogP contribution in [0, 0.1) is 0 Å². The third-order valence-corrected chi connectivity index (χ3v) is 2.62. The molecule has 1 aromatic rings. The Hall–Kier alpha value is -1.20. The van der Waals surface area contributed by atoms with E-state index in [0.717, 1.165) is 6.92 Å². The van der Waals surface area contributed by atoms with Crippen LogP contribution in [-0.4, -0.2) is 24.7 Å². The fraction of sp³-hybridized carbons (Fsp3) is 0.455. The van der Waals surface area contributed by atoms with E-state index in [9.17, 15) is 13.9 Å². The van der Waals surface area contributed by atoms with E-state index in [-0.39, 0.29) is 5.56 Å². The van der Waals surface area contributed by atoms with Crippen molar-refractivity contribution in [3.05, 3.63) is 29.8 Å². The summed E-state index contributed by atoms with van der Waals surface area (Å²) in [6.07, 6.45) is 0. The maximum absolute atomic E-state index is 13.4. The highest BCUT2D eigenvalue weighted by atomic mass is 19.3. The van der Waals surface area contributed by atoms with Crippen LogP contribution < -0.4 is 10.5 Å². The maximum Gasteiger partial charge on any atom is 0.291 e. The molecule has 1 aromatic carbocycles. The van der Waals surface area contributed by atoms with Crippen molar-refractivity contribution >= 4 is 0 Å². The molecule has 1 unspecified atom stereocenters. The van der Waals surface area contributed by atoms with Crippen LogP contribution in [0.1, 0.15) is 12.5 Å². The van der Waals surface area contributed by atoms with Crippen molar-refractivity contribution in [2.24, 2.45) is 5.73 Å². The van der Waals surface area contributed by atoms with Crippen LogP contribution in [0.3, 0.4) is 0 Å². The van der Waals surface area contributed by atoms with Gasteiger partial charge in [0.2, 0.25) is 0 Å². The molecule has 0 spiro atoms. The molecular formula is C11H15F2NO2. The first-order chi connectivity index (χ1) is 7.35. The van der Waals surface area contributed by atoms with E-state index in [1.165, 1.54) is 31.4 Å². The highest BCUT2D eigenvalue weighted by molar-refractivity contribution is 5.31. The summed E-state index contributed by atoms with van der Waals surface area (Å²) in [5.41, 5.74) is 2.77. The van der Waals surface area contributed by atoms with Gasteiger partial charge >= 0.3 is 0 Å². The second kappa shape index (κ2) is 4.35. The number of methoxy groups -OCH3 is 1. The highest BCUT2D eigenvalue weighted by Gasteiger charge is 2.48. The van der Waals surface area contributed by atoms with Crippen LogP contribution in [0.25, 0.3) is 0 Å². The molecule has 0 aliphatic rings. The molecule has 1 rings (SSSR count). The minimum atomic E-state index is -3.37. The second-order valence-corrected chi connectivity index (χ2v) is 3.71. The molecule has 0 saturated heterocycles. The summed E-state index contributed by atoms with van der Waals surface area (Å²) in [6, 6.07) is 5.80. The van der Waals surface area contributed by atoms with Gasteiger partial charge in [-0.05, 0) is 24.6 Å². The Balaban J connectivity index is 3.07. The number of aliphatic hydroxyl groups is 1. The quantitative estimate of drug-likeness (QED) is 0.825. The first kappa shape index (κ1) is 12.9. The van der Waals surface area contributed by atoms with Gasteiger partial charge in [-0.2, -0.15) is 0 Å². The molecule has 3 N–H and O–H groups in total. The van der Waals surface area contributed by atoms with Crippen LogP contribution in [0.2, 0.25) is 0 Å². The van der Waals surface area contributed by atoms with Gasteiger partial charge in [-0.1, -0.05) is 12.1 Å². The van der Waals surface area contributed by atoms with Crippen molar-refractivity contribution in [3.8, 4) is 5.75 Å². The summed E-state index contributed by atoms with van der Waals surface area (Å²) >= 11 is 0. The molecule has 0 heterocycles. The van der Waals surface area contributed by atoms with Crippen molar-refractivity contribution in [2.45, 2.75) is 18.4 Å². The van der Waals surface area contributed by atoms with E-state index in [1.807, 2.05) is 0 Å². The summed E-state index contributed by atoms with van der Waals surface area (Å²) in [5, 5.41) is 9.81. The fourth-order valence-corrected chi connectivity index (χ4v) is 1.33. The zero-order valence-electron chi connectivity index (χ0n) is 9.21. The van der Waals surface area contributed by atoms with Gasteiger partial charge in [0, 0.05) is 0 Å². The molecular weight excluding hydrogens is 216 g/mol. The number of hydrogen-bond acceptors (Lipinski definition) is 3. The summed E-state index contributed by atoms with van der Waals surface area (Å²) in [5.74, 6) is -2.84. The van der Waals surface area contributed by atoms with Crippen molar-refractivity contribution in [3.63, 3.8) is 0 Å². The topological polar surface area (TPSA) is 55.5 Å². The van der Waals surface area contributed by atoms with Crippen molar-refractivity contribution in [1.82, 2.24) is 0 Å². The zero-order valence-corrected chi connectivity index (χ0v) is 9.21. The monoisotopic (exact) mass is 231 g/mol. The standard InChI is InChI=1S/C11H15F2NO2/c1-10(15,11(12,13)7-14)8-3-5-9(16-2)6-4-8/h3-6,15H,7,14H2,1-2H3. The Kier molecular flexibility index (Phi) is 3.50. The molecule has 0 fully saturated rings. The third-order valence-electron chi connectivity index (χ3n) is 2.62. The van der Waals surface area contributed by atoms with Gasteiger partial charge in [0.1, 0.15) is 5.75 Å². The molecule has 0 radical (unpaired) electrons. The second-order valence-electron chi connectivity index (χ2n) is 3.71. The smallest absolute Gasteiger partial charge is 0.291 e. The molecule has 1 atom stereocenters. The number of rotatable bonds is 4. The van der Waals surface area contributed by atoms with Gasteiger partial charge in [-0.25, -0.2) is 8.78 Å². The lowest BCUT2D eigenvalue weighted by molar-refractivity contribution is -0.170. The van der Waals surface area contributed by atoms with E-state index in [4.69, 9.17) is 10.5 Å². The fourth-order valence-electron chi connectivity index (χ4n) is 1.33. The maximum atomic E-state index is 13.4. The summed E-state index contributed by atoms with van der Waals surface area (Å²) in [7, 11) is 1.47. The van der Waals surface area contributed by atoms with Crippen molar-refractivity contribution < 1.29 is 18.6 Å². The Morgan fingerprint density at radius 3 is 2.19 bits per heavy atom. The molecule has 0 bridgehead atoms. The molecule has 5 heteroatoms. The molecule has 90 valence electrons.